The van der Waals surface area contributed by atoms with E-state index >= 15 is 0 Å². The number of β-amino-alcohol motifs (C(OH)–C–C–N with tert-alkyl or cyclic N) is 1. The lowest BCUT2D eigenvalue weighted by Crippen LogP contribution is -2.52. The molecule has 22 heavy (non-hydrogen) atoms. The summed E-state index contributed by atoms with van der Waals surface area (Å²) in [5, 5.41) is 13.9. The molecule has 1 unspecified atom stereocenters. The summed E-state index contributed by atoms with van der Waals surface area (Å²) >= 11 is 0. The van der Waals surface area contributed by atoms with Crippen molar-refractivity contribution >= 4 is 0 Å². The molecule has 1 aliphatic heterocycles. The number of benzene rings is 2. The molecule has 0 aliphatic carbocycles. The molecule has 0 spiro atoms. The Morgan fingerprint density at radius 2 is 1.59 bits per heavy atom. The lowest BCUT2D eigenvalue weighted by Gasteiger charge is -2.36. The summed E-state index contributed by atoms with van der Waals surface area (Å²) in [5.74, 6) is 0. The Kier molecular flexibility index (Phi) is 5.22. The Balaban J connectivity index is 1.48. The molecular formula is C19H24N2O. The van der Waals surface area contributed by atoms with Crippen molar-refractivity contribution in [1.29, 1.82) is 0 Å². The Morgan fingerprint density at radius 3 is 2.23 bits per heavy atom. The molecule has 3 heteroatoms. The molecule has 3 rings (SSSR count). The third-order valence-corrected chi connectivity index (χ3v) is 4.33. The number of rotatable bonds is 5. The molecule has 1 aliphatic rings. The molecule has 0 saturated carbocycles. The summed E-state index contributed by atoms with van der Waals surface area (Å²) in [6.07, 6.45) is 0.682. The molecule has 0 aromatic heterocycles. The van der Waals surface area contributed by atoms with Crippen LogP contribution in [0.5, 0.6) is 0 Å². The van der Waals surface area contributed by atoms with Crippen LogP contribution in [0.2, 0.25) is 0 Å². The predicted molar refractivity (Wildman–Crippen MR) is 89.4 cm³/mol. The lowest BCUT2D eigenvalue weighted by molar-refractivity contribution is 0.0365. The first kappa shape index (κ1) is 15.2. The summed E-state index contributed by atoms with van der Waals surface area (Å²) in [4.78, 5) is 2.33. The van der Waals surface area contributed by atoms with Crippen LogP contribution >= 0.6 is 0 Å². The number of likely N-dealkylation sites (tertiary alicyclic amines) is 1. The van der Waals surface area contributed by atoms with Gasteiger partial charge in [-0.3, -0.25) is 4.90 Å². The molecule has 3 nitrogen and oxygen atoms in total. The Labute approximate surface area is 132 Å². The highest BCUT2D eigenvalue weighted by Crippen LogP contribution is 2.15. The van der Waals surface area contributed by atoms with Gasteiger partial charge in [0.15, 0.2) is 0 Å². The summed E-state index contributed by atoms with van der Waals surface area (Å²) in [7, 11) is 0. The van der Waals surface area contributed by atoms with E-state index in [2.05, 4.69) is 58.7 Å². The van der Waals surface area contributed by atoms with Gasteiger partial charge in [-0.05, 0) is 17.5 Å². The number of hydrogen-bond acceptors (Lipinski definition) is 3. The first-order valence-electron chi connectivity index (χ1n) is 8.03. The van der Waals surface area contributed by atoms with Gasteiger partial charge in [0.05, 0.1) is 6.10 Å². The molecule has 0 radical (unpaired) electrons. The van der Waals surface area contributed by atoms with Gasteiger partial charge in [0.1, 0.15) is 0 Å². The largest absolute Gasteiger partial charge is 0.390 e. The average molecular weight is 296 g/mol. The maximum atomic E-state index is 10.4. The van der Waals surface area contributed by atoms with E-state index in [1.807, 2.05) is 12.1 Å². The first-order valence-corrected chi connectivity index (χ1v) is 8.03. The van der Waals surface area contributed by atoms with Gasteiger partial charge in [0.25, 0.3) is 0 Å². The molecule has 116 valence electrons. The summed E-state index contributed by atoms with van der Waals surface area (Å²) in [5.41, 5.74) is 2.58. The Morgan fingerprint density at radius 1 is 0.955 bits per heavy atom. The van der Waals surface area contributed by atoms with E-state index in [9.17, 15) is 5.11 Å². The summed E-state index contributed by atoms with van der Waals surface area (Å²) in [6, 6.07) is 21.0. The molecule has 2 atom stereocenters. The number of aliphatic hydroxyl groups is 1. The molecule has 1 saturated heterocycles. The van der Waals surface area contributed by atoms with Crippen LogP contribution in [0.3, 0.4) is 0 Å². The second kappa shape index (κ2) is 7.54. The van der Waals surface area contributed by atoms with E-state index in [0.717, 1.165) is 32.6 Å². The van der Waals surface area contributed by atoms with Crippen LogP contribution in [0.25, 0.3) is 0 Å². The van der Waals surface area contributed by atoms with Gasteiger partial charge in [-0.2, -0.15) is 0 Å². The maximum Gasteiger partial charge on any atom is 0.0820 e. The fourth-order valence-electron chi connectivity index (χ4n) is 3.07. The number of hydrogen-bond donors (Lipinski definition) is 2. The highest BCUT2D eigenvalue weighted by atomic mass is 16.3. The maximum absolute atomic E-state index is 10.4. The van der Waals surface area contributed by atoms with E-state index < -0.39 is 0 Å². The van der Waals surface area contributed by atoms with Gasteiger partial charge < -0.3 is 10.4 Å². The van der Waals surface area contributed by atoms with Gasteiger partial charge >= 0.3 is 0 Å². The third-order valence-electron chi connectivity index (χ3n) is 4.33. The zero-order valence-electron chi connectivity index (χ0n) is 12.9. The molecule has 1 fully saturated rings. The van der Waals surface area contributed by atoms with Crippen LogP contribution in [0.1, 0.15) is 17.5 Å². The second-order valence-corrected chi connectivity index (χ2v) is 6.05. The number of nitrogens with one attached hydrogen (secondary N) is 1. The molecule has 2 N–H and O–H groups in total. The van der Waals surface area contributed by atoms with E-state index in [0.29, 0.717) is 0 Å². The molecule has 2 aromatic carbocycles. The SMILES string of the molecule is O[C@H]1CN(Cc2ccccc2)CCC1NCc1ccccc1. The van der Waals surface area contributed by atoms with E-state index in [1.54, 1.807) is 0 Å². The fraction of sp³-hybridized carbons (Fsp3) is 0.368. The van der Waals surface area contributed by atoms with Crippen LogP contribution in [0.15, 0.2) is 60.7 Å². The number of aliphatic hydroxyl groups excluding tert-OH is 1. The van der Waals surface area contributed by atoms with Crippen molar-refractivity contribution in [1.82, 2.24) is 10.2 Å². The van der Waals surface area contributed by atoms with Gasteiger partial charge in [-0.15, -0.1) is 0 Å². The quantitative estimate of drug-likeness (QED) is 0.889. The minimum absolute atomic E-state index is 0.187. The summed E-state index contributed by atoms with van der Waals surface area (Å²) < 4.78 is 0. The normalized spacial score (nSPS) is 22.6. The van der Waals surface area contributed by atoms with Gasteiger partial charge in [-0.25, -0.2) is 0 Å². The van der Waals surface area contributed by atoms with E-state index in [1.165, 1.54) is 11.1 Å². The minimum atomic E-state index is -0.304. The van der Waals surface area contributed by atoms with Gasteiger partial charge in [0, 0.05) is 32.2 Å². The van der Waals surface area contributed by atoms with E-state index in [-0.39, 0.29) is 12.1 Å². The fourth-order valence-corrected chi connectivity index (χ4v) is 3.07. The Hall–Kier alpha value is -1.68. The Bertz CT molecular complexity index is 558. The average Bonchev–Trinajstić information content (AvgIpc) is 2.56. The molecular weight excluding hydrogens is 272 g/mol. The van der Waals surface area contributed by atoms with Crippen LogP contribution in [-0.2, 0) is 13.1 Å². The smallest absolute Gasteiger partial charge is 0.0820 e. The van der Waals surface area contributed by atoms with Crippen molar-refractivity contribution < 1.29 is 5.11 Å². The molecule has 0 amide bonds. The van der Waals surface area contributed by atoms with Crippen LogP contribution in [-0.4, -0.2) is 35.2 Å². The zero-order valence-corrected chi connectivity index (χ0v) is 12.9. The molecule has 2 aromatic rings. The first-order chi connectivity index (χ1) is 10.8. The highest BCUT2D eigenvalue weighted by Gasteiger charge is 2.27. The van der Waals surface area contributed by atoms with Crippen LogP contribution in [0, 0.1) is 0 Å². The summed E-state index contributed by atoms with van der Waals surface area (Å²) in [6.45, 7) is 3.50. The molecule has 0 bridgehead atoms. The number of nitrogens with zero attached hydrogens (tertiary/aromatic N) is 1. The van der Waals surface area contributed by atoms with Crippen LogP contribution in [0.4, 0.5) is 0 Å². The lowest BCUT2D eigenvalue weighted by atomic mass is 10.0. The van der Waals surface area contributed by atoms with Gasteiger partial charge in [0.2, 0.25) is 0 Å². The van der Waals surface area contributed by atoms with Crippen molar-refractivity contribution in [3.8, 4) is 0 Å². The van der Waals surface area contributed by atoms with Crippen molar-refractivity contribution in [3.05, 3.63) is 71.8 Å². The molecule has 1 heterocycles. The topological polar surface area (TPSA) is 35.5 Å². The highest BCUT2D eigenvalue weighted by molar-refractivity contribution is 5.15. The van der Waals surface area contributed by atoms with Gasteiger partial charge in [-0.1, -0.05) is 60.7 Å². The van der Waals surface area contributed by atoms with Crippen molar-refractivity contribution in [2.24, 2.45) is 0 Å². The van der Waals surface area contributed by atoms with Crippen molar-refractivity contribution in [2.45, 2.75) is 31.7 Å². The van der Waals surface area contributed by atoms with Crippen molar-refractivity contribution in [2.75, 3.05) is 13.1 Å². The zero-order chi connectivity index (χ0) is 15.2. The third kappa shape index (κ3) is 4.17. The van der Waals surface area contributed by atoms with E-state index in [4.69, 9.17) is 0 Å². The predicted octanol–water partition coefficient (Wildman–Crippen LogP) is 2.41. The second-order valence-electron chi connectivity index (χ2n) is 6.05. The minimum Gasteiger partial charge on any atom is -0.390 e. The van der Waals surface area contributed by atoms with Crippen LogP contribution < -0.4 is 5.32 Å². The van der Waals surface area contributed by atoms with Crippen molar-refractivity contribution in [3.63, 3.8) is 0 Å². The monoisotopic (exact) mass is 296 g/mol. The number of piperidine rings is 1. The standard InChI is InChI=1S/C19H24N2O/c22-19-15-21(14-17-9-5-2-6-10-17)12-11-18(19)20-13-16-7-3-1-4-8-16/h1-10,18-20,22H,11-15H2/t18?,19-/m0/s1.